The van der Waals surface area contributed by atoms with Crippen molar-refractivity contribution in [1.29, 1.82) is 0 Å². The van der Waals surface area contributed by atoms with E-state index in [0.29, 0.717) is 16.6 Å². The minimum atomic E-state index is -0.645. The Morgan fingerprint density at radius 3 is 2.94 bits per heavy atom. The third kappa shape index (κ3) is 2.45. The van der Waals surface area contributed by atoms with Crippen LogP contribution in [-0.4, -0.2) is 16.2 Å². The summed E-state index contributed by atoms with van der Waals surface area (Å²) >= 11 is 1.26. The third-order valence-electron chi connectivity index (χ3n) is 1.68. The number of carbonyl (C=O) groups is 1. The molecule has 0 bridgehead atoms. The highest BCUT2D eigenvalue weighted by molar-refractivity contribution is 7.11. The number of amides is 2. The highest BCUT2D eigenvalue weighted by Crippen LogP contribution is 2.29. The summed E-state index contributed by atoms with van der Waals surface area (Å²) in [5.74, 6) is 0.470. The molecule has 3 N–H and O–H groups in total. The van der Waals surface area contributed by atoms with Gasteiger partial charge < -0.3 is 15.8 Å². The van der Waals surface area contributed by atoms with Crippen LogP contribution in [0.3, 0.4) is 0 Å². The number of hydrogen-bond acceptors (Lipinski definition) is 5. The molecular weight excluding hydrogens is 228 g/mol. The maximum Gasteiger partial charge on any atom is 0.316 e. The van der Waals surface area contributed by atoms with E-state index in [-0.39, 0.29) is 0 Å². The number of para-hydroxylation sites is 2. The van der Waals surface area contributed by atoms with Crippen molar-refractivity contribution in [2.45, 2.75) is 0 Å². The van der Waals surface area contributed by atoms with Gasteiger partial charge in [-0.1, -0.05) is 28.6 Å². The maximum absolute atomic E-state index is 10.8. The van der Waals surface area contributed by atoms with Crippen LogP contribution < -0.4 is 15.8 Å². The summed E-state index contributed by atoms with van der Waals surface area (Å²) in [5.41, 5.74) is 7.08. The molecule has 0 aliphatic carbocycles. The van der Waals surface area contributed by atoms with Gasteiger partial charge in [-0.3, -0.25) is 0 Å². The zero-order chi connectivity index (χ0) is 11.4. The quantitative estimate of drug-likeness (QED) is 0.850. The van der Waals surface area contributed by atoms with E-state index in [1.165, 1.54) is 11.3 Å². The largest absolute Gasteiger partial charge is 0.428 e. The molecule has 16 heavy (non-hydrogen) atoms. The molecule has 0 unspecified atom stereocenters. The minimum absolute atomic E-state index is 0.402. The Morgan fingerprint density at radius 1 is 1.44 bits per heavy atom. The minimum Gasteiger partial charge on any atom is -0.428 e. The molecule has 1 heterocycles. The second kappa shape index (κ2) is 4.58. The molecule has 2 amide bonds. The van der Waals surface area contributed by atoms with Gasteiger partial charge in [0.25, 0.3) is 5.19 Å². The molecule has 2 rings (SSSR count). The van der Waals surface area contributed by atoms with Crippen LogP contribution in [0.2, 0.25) is 0 Å². The van der Waals surface area contributed by atoms with Crippen molar-refractivity contribution < 1.29 is 9.53 Å². The number of primary amides is 1. The van der Waals surface area contributed by atoms with E-state index in [9.17, 15) is 4.79 Å². The second-order valence-corrected chi connectivity index (χ2v) is 3.59. The number of urea groups is 1. The van der Waals surface area contributed by atoms with Gasteiger partial charge in [0.2, 0.25) is 0 Å². The summed E-state index contributed by atoms with van der Waals surface area (Å²) in [7, 11) is 0. The van der Waals surface area contributed by atoms with Gasteiger partial charge in [0.1, 0.15) is 5.51 Å². The normalized spacial score (nSPS) is 9.75. The highest BCUT2D eigenvalue weighted by Gasteiger charge is 2.07. The van der Waals surface area contributed by atoms with Crippen molar-refractivity contribution in [3.63, 3.8) is 0 Å². The highest BCUT2D eigenvalue weighted by atomic mass is 32.1. The molecule has 0 atom stereocenters. The Kier molecular flexibility index (Phi) is 2.97. The van der Waals surface area contributed by atoms with E-state index in [1.54, 1.807) is 29.8 Å². The van der Waals surface area contributed by atoms with Gasteiger partial charge >= 0.3 is 6.03 Å². The number of ether oxygens (including phenoxy) is 1. The average molecular weight is 236 g/mol. The van der Waals surface area contributed by atoms with Gasteiger partial charge in [-0.15, -0.1) is 5.10 Å². The van der Waals surface area contributed by atoms with Gasteiger partial charge in [-0.05, 0) is 12.1 Å². The van der Waals surface area contributed by atoms with Gasteiger partial charge in [0, 0.05) is 0 Å². The molecular formula is C9H8N4O2S. The molecule has 1 aromatic carbocycles. The van der Waals surface area contributed by atoms with Gasteiger partial charge in [-0.2, -0.15) is 0 Å². The standard InChI is InChI=1S/C9H8N4O2S/c10-8(14)12-6-3-1-2-4-7(6)15-9-13-11-5-16-9/h1-5H,(H3,10,12,14). The number of nitrogens with two attached hydrogens (primary N) is 1. The van der Waals surface area contributed by atoms with Gasteiger partial charge in [0.05, 0.1) is 5.69 Å². The molecule has 6 nitrogen and oxygen atoms in total. The van der Waals surface area contributed by atoms with Crippen LogP contribution in [0.1, 0.15) is 0 Å². The molecule has 0 saturated heterocycles. The predicted molar refractivity (Wildman–Crippen MR) is 59.6 cm³/mol. The number of nitrogens with zero attached hydrogens (tertiary/aromatic N) is 2. The van der Waals surface area contributed by atoms with E-state index in [2.05, 4.69) is 15.5 Å². The molecule has 0 aliphatic rings. The van der Waals surface area contributed by atoms with Crippen molar-refractivity contribution >= 4 is 23.1 Å². The Hall–Kier alpha value is -2.15. The van der Waals surface area contributed by atoms with Crippen LogP contribution in [-0.2, 0) is 0 Å². The van der Waals surface area contributed by atoms with Gasteiger partial charge in [0.15, 0.2) is 5.75 Å². The van der Waals surface area contributed by atoms with Crippen molar-refractivity contribution in [1.82, 2.24) is 10.2 Å². The van der Waals surface area contributed by atoms with Crippen molar-refractivity contribution in [3.8, 4) is 10.9 Å². The van der Waals surface area contributed by atoms with E-state index in [4.69, 9.17) is 10.5 Å². The number of carbonyl (C=O) groups excluding carboxylic acids is 1. The third-order valence-corrected chi connectivity index (χ3v) is 2.25. The molecule has 1 aromatic heterocycles. The number of aromatic nitrogens is 2. The lowest BCUT2D eigenvalue weighted by Crippen LogP contribution is -2.19. The van der Waals surface area contributed by atoms with Crippen LogP contribution in [0.5, 0.6) is 10.9 Å². The fourth-order valence-electron chi connectivity index (χ4n) is 1.09. The number of anilines is 1. The Morgan fingerprint density at radius 2 is 2.25 bits per heavy atom. The van der Waals surface area contributed by atoms with E-state index >= 15 is 0 Å². The number of nitrogens with one attached hydrogen (secondary N) is 1. The lowest BCUT2D eigenvalue weighted by molar-refractivity contribution is 0.259. The zero-order valence-electron chi connectivity index (χ0n) is 8.08. The lowest BCUT2D eigenvalue weighted by Gasteiger charge is -2.07. The molecule has 0 saturated carbocycles. The van der Waals surface area contributed by atoms with E-state index in [1.807, 2.05) is 0 Å². The first-order chi connectivity index (χ1) is 7.75. The molecule has 0 spiro atoms. The molecule has 7 heteroatoms. The first-order valence-electron chi connectivity index (χ1n) is 4.35. The number of hydrogen-bond donors (Lipinski definition) is 2. The monoisotopic (exact) mass is 236 g/mol. The first kappa shape index (κ1) is 10.4. The van der Waals surface area contributed by atoms with Crippen molar-refractivity contribution in [3.05, 3.63) is 29.8 Å². The fraction of sp³-hybridized carbons (Fsp3) is 0. The second-order valence-electron chi connectivity index (χ2n) is 2.79. The van der Waals surface area contributed by atoms with E-state index in [0.717, 1.165) is 0 Å². The van der Waals surface area contributed by atoms with Crippen LogP contribution in [0.4, 0.5) is 10.5 Å². The SMILES string of the molecule is NC(=O)Nc1ccccc1Oc1nncs1. The topological polar surface area (TPSA) is 90.1 Å². The average Bonchev–Trinajstić information content (AvgIpc) is 2.73. The van der Waals surface area contributed by atoms with Crippen LogP contribution in [0.25, 0.3) is 0 Å². The lowest BCUT2D eigenvalue weighted by atomic mass is 10.3. The Bertz CT molecular complexity index is 486. The summed E-state index contributed by atoms with van der Waals surface area (Å²) in [6.07, 6.45) is 0. The van der Waals surface area contributed by atoms with Crippen LogP contribution in [0.15, 0.2) is 29.8 Å². The molecule has 82 valence electrons. The Labute approximate surface area is 95.1 Å². The molecule has 0 fully saturated rings. The Balaban J connectivity index is 2.22. The number of benzene rings is 1. The summed E-state index contributed by atoms with van der Waals surface area (Å²) < 4.78 is 5.42. The fourth-order valence-corrected chi connectivity index (χ4v) is 1.51. The zero-order valence-corrected chi connectivity index (χ0v) is 8.90. The maximum atomic E-state index is 10.8. The molecule has 0 radical (unpaired) electrons. The predicted octanol–water partition coefficient (Wildman–Crippen LogP) is 1.82. The smallest absolute Gasteiger partial charge is 0.316 e. The van der Waals surface area contributed by atoms with Crippen LogP contribution in [0, 0.1) is 0 Å². The summed E-state index contributed by atoms with van der Waals surface area (Å²) in [6, 6.07) is 6.28. The first-order valence-corrected chi connectivity index (χ1v) is 5.23. The van der Waals surface area contributed by atoms with Crippen LogP contribution >= 0.6 is 11.3 Å². The van der Waals surface area contributed by atoms with Crippen molar-refractivity contribution in [2.75, 3.05) is 5.32 Å². The van der Waals surface area contributed by atoms with Gasteiger partial charge in [-0.25, -0.2) is 4.79 Å². The van der Waals surface area contributed by atoms with Crippen molar-refractivity contribution in [2.24, 2.45) is 5.73 Å². The molecule has 2 aromatic rings. The van der Waals surface area contributed by atoms with E-state index < -0.39 is 6.03 Å². The molecule has 0 aliphatic heterocycles. The summed E-state index contributed by atoms with van der Waals surface area (Å²) in [5, 5.41) is 10.2. The summed E-state index contributed by atoms with van der Waals surface area (Å²) in [6.45, 7) is 0. The summed E-state index contributed by atoms with van der Waals surface area (Å²) in [4.78, 5) is 10.8. The number of rotatable bonds is 3.